The minimum Gasteiger partial charge on any atom is -0.458 e. The van der Waals surface area contributed by atoms with Gasteiger partial charge in [-0.3, -0.25) is 0 Å². The Hall–Kier alpha value is -1.44. The molecule has 4 saturated carbocycles. The number of hydrogen-bond donors (Lipinski definition) is 1. The lowest BCUT2D eigenvalue weighted by atomic mass is 9.48. The lowest BCUT2D eigenvalue weighted by Gasteiger charge is -2.59. The SMILES string of the molecule is CC(F)(F)C(=O)OCCOC(=O)OCC12CC3CC(CC(O)(C3)C1)C2. The summed E-state index contributed by atoms with van der Waals surface area (Å²) in [4.78, 5) is 22.5. The Morgan fingerprint density at radius 1 is 1.08 bits per heavy atom. The Bertz CT molecular complexity index is 530. The van der Waals surface area contributed by atoms with Gasteiger partial charge >= 0.3 is 18.0 Å². The summed E-state index contributed by atoms with van der Waals surface area (Å²) >= 11 is 0. The summed E-state index contributed by atoms with van der Waals surface area (Å²) in [6, 6.07) is 0. The second kappa shape index (κ2) is 6.37. The van der Waals surface area contributed by atoms with E-state index in [9.17, 15) is 23.5 Å². The van der Waals surface area contributed by atoms with Crippen LogP contribution in [-0.2, 0) is 19.0 Å². The normalized spacial score (nSPS) is 36.2. The zero-order valence-electron chi connectivity index (χ0n) is 14.3. The third-order valence-corrected chi connectivity index (χ3v) is 5.54. The third kappa shape index (κ3) is 4.22. The van der Waals surface area contributed by atoms with Crippen molar-refractivity contribution in [3.05, 3.63) is 0 Å². The fourth-order valence-electron chi connectivity index (χ4n) is 5.21. The highest BCUT2D eigenvalue weighted by Crippen LogP contribution is 2.61. The number of halogens is 2. The molecule has 4 aliphatic rings. The first kappa shape index (κ1) is 18.4. The van der Waals surface area contributed by atoms with Gasteiger partial charge in [0.05, 0.1) is 5.60 Å². The highest BCUT2D eigenvalue weighted by Gasteiger charge is 2.57. The molecule has 0 radical (unpaired) electrons. The number of rotatable bonds is 6. The van der Waals surface area contributed by atoms with Crippen LogP contribution in [0.1, 0.15) is 45.4 Å². The van der Waals surface area contributed by atoms with E-state index >= 15 is 0 Å². The van der Waals surface area contributed by atoms with Gasteiger partial charge in [-0.1, -0.05) is 0 Å². The van der Waals surface area contributed by atoms with E-state index in [0.717, 1.165) is 32.1 Å². The second-order valence-electron chi connectivity index (χ2n) is 8.10. The number of alkyl halides is 2. The van der Waals surface area contributed by atoms with Gasteiger partial charge in [0.25, 0.3) is 0 Å². The van der Waals surface area contributed by atoms with E-state index in [-0.39, 0.29) is 18.6 Å². The average Bonchev–Trinajstić information content (AvgIpc) is 2.46. The quantitative estimate of drug-likeness (QED) is 0.578. The molecular formula is C17H24F2O6. The van der Waals surface area contributed by atoms with Crippen LogP contribution in [0.4, 0.5) is 13.6 Å². The van der Waals surface area contributed by atoms with Gasteiger partial charge in [0.15, 0.2) is 0 Å². The molecule has 4 rings (SSSR count). The Labute approximate surface area is 144 Å². The molecule has 0 aromatic carbocycles. The zero-order valence-corrected chi connectivity index (χ0v) is 14.3. The Morgan fingerprint density at radius 3 is 2.24 bits per heavy atom. The molecule has 6 nitrogen and oxygen atoms in total. The summed E-state index contributed by atoms with van der Waals surface area (Å²) in [5, 5.41) is 10.6. The first-order valence-corrected chi connectivity index (χ1v) is 8.66. The molecular weight excluding hydrogens is 338 g/mol. The third-order valence-electron chi connectivity index (χ3n) is 5.54. The number of hydrogen-bond acceptors (Lipinski definition) is 6. The number of carbonyl (C=O) groups excluding carboxylic acids is 2. The lowest BCUT2D eigenvalue weighted by Crippen LogP contribution is -2.57. The summed E-state index contributed by atoms with van der Waals surface area (Å²) < 4.78 is 39.4. The predicted molar refractivity (Wildman–Crippen MR) is 80.9 cm³/mol. The molecule has 4 bridgehead atoms. The van der Waals surface area contributed by atoms with Crippen molar-refractivity contribution in [1.82, 2.24) is 0 Å². The van der Waals surface area contributed by atoms with Gasteiger partial charge in [0.2, 0.25) is 0 Å². The van der Waals surface area contributed by atoms with Gasteiger partial charge in [0, 0.05) is 12.3 Å². The molecule has 4 fully saturated rings. The molecule has 2 unspecified atom stereocenters. The maximum Gasteiger partial charge on any atom is 0.508 e. The highest BCUT2D eigenvalue weighted by molar-refractivity contribution is 5.76. The molecule has 0 spiro atoms. The maximum atomic E-state index is 12.6. The Morgan fingerprint density at radius 2 is 1.68 bits per heavy atom. The van der Waals surface area contributed by atoms with Gasteiger partial charge in [-0.2, -0.15) is 8.78 Å². The first-order chi connectivity index (χ1) is 11.6. The summed E-state index contributed by atoms with van der Waals surface area (Å²) in [6.07, 6.45) is 4.43. The molecule has 0 aliphatic heterocycles. The topological polar surface area (TPSA) is 82.1 Å². The molecule has 0 heterocycles. The van der Waals surface area contributed by atoms with E-state index in [1.54, 1.807) is 0 Å². The van der Waals surface area contributed by atoms with Crippen LogP contribution >= 0.6 is 0 Å². The van der Waals surface area contributed by atoms with E-state index in [1.165, 1.54) is 0 Å². The Balaban J connectivity index is 1.39. The molecule has 4 aliphatic carbocycles. The van der Waals surface area contributed by atoms with Gasteiger partial charge in [-0.15, -0.1) is 0 Å². The number of ether oxygens (including phenoxy) is 3. The van der Waals surface area contributed by atoms with Crippen LogP contribution in [0.5, 0.6) is 0 Å². The molecule has 0 aromatic heterocycles. The minimum atomic E-state index is -3.57. The summed E-state index contributed by atoms with van der Waals surface area (Å²) in [5.74, 6) is -4.26. The van der Waals surface area contributed by atoms with E-state index in [4.69, 9.17) is 9.47 Å². The number of esters is 1. The van der Waals surface area contributed by atoms with Crippen LogP contribution in [0.3, 0.4) is 0 Å². The molecule has 2 atom stereocenters. The van der Waals surface area contributed by atoms with Gasteiger partial charge in [0.1, 0.15) is 19.8 Å². The maximum absolute atomic E-state index is 12.6. The fraction of sp³-hybridized carbons (Fsp3) is 0.882. The summed E-state index contributed by atoms with van der Waals surface area (Å²) in [7, 11) is 0. The van der Waals surface area contributed by atoms with Crippen LogP contribution in [0.25, 0.3) is 0 Å². The van der Waals surface area contributed by atoms with Crippen molar-refractivity contribution < 1.29 is 37.7 Å². The lowest BCUT2D eigenvalue weighted by molar-refractivity contribution is -0.177. The first-order valence-electron chi connectivity index (χ1n) is 8.66. The van der Waals surface area contributed by atoms with Gasteiger partial charge < -0.3 is 19.3 Å². The highest BCUT2D eigenvalue weighted by atomic mass is 19.3. The summed E-state index contributed by atoms with van der Waals surface area (Å²) in [6.45, 7) is -0.174. The molecule has 0 saturated heterocycles. The van der Waals surface area contributed by atoms with Crippen molar-refractivity contribution in [2.24, 2.45) is 17.3 Å². The van der Waals surface area contributed by atoms with Crippen molar-refractivity contribution in [3.63, 3.8) is 0 Å². The average molecular weight is 362 g/mol. The molecule has 142 valence electrons. The van der Waals surface area contributed by atoms with Crippen LogP contribution in [0, 0.1) is 17.3 Å². The smallest absolute Gasteiger partial charge is 0.458 e. The van der Waals surface area contributed by atoms with E-state index < -0.39 is 30.3 Å². The molecule has 8 heteroatoms. The molecule has 0 aromatic rings. The largest absolute Gasteiger partial charge is 0.508 e. The van der Waals surface area contributed by atoms with E-state index in [0.29, 0.717) is 25.2 Å². The number of aliphatic hydroxyl groups is 1. The molecule has 0 amide bonds. The second-order valence-corrected chi connectivity index (χ2v) is 8.10. The zero-order chi connectivity index (χ0) is 18.3. The van der Waals surface area contributed by atoms with Crippen molar-refractivity contribution in [2.45, 2.75) is 57.0 Å². The fourth-order valence-corrected chi connectivity index (χ4v) is 5.21. The standard InChI is InChI=1S/C17H24F2O6/c1-15(18,19)13(20)23-2-3-24-14(21)25-10-16-5-11-4-12(6-16)8-17(22,7-11)9-16/h11-12,22H,2-10H2,1H3. The Kier molecular flexibility index (Phi) is 4.68. The van der Waals surface area contributed by atoms with Crippen LogP contribution < -0.4 is 0 Å². The van der Waals surface area contributed by atoms with E-state index in [1.807, 2.05) is 0 Å². The molecule has 1 N–H and O–H groups in total. The van der Waals surface area contributed by atoms with Crippen LogP contribution in [-0.4, -0.2) is 48.6 Å². The summed E-state index contributed by atoms with van der Waals surface area (Å²) in [5.41, 5.74) is -0.814. The minimum absolute atomic E-state index is 0.186. The van der Waals surface area contributed by atoms with E-state index in [2.05, 4.69) is 4.74 Å². The molecule has 25 heavy (non-hydrogen) atoms. The van der Waals surface area contributed by atoms with Gasteiger partial charge in [-0.25, -0.2) is 9.59 Å². The number of carbonyl (C=O) groups is 2. The van der Waals surface area contributed by atoms with Crippen LogP contribution in [0.2, 0.25) is 0 Å². The monoisotopic (exact) mass is 362 g/mol. The van der Waals surface area contributed by atoms with Crippen molar-refractivity contribution in [2.75, 3.05) is 19.8 Å². The predicted octanol–water partition coefficient (Wildman–Crippen LogP) is 2.67. The van der Waals surface area contributed by atoms with Crippen molar-refractivity contribution in [1.29, 1.82) is 0 Å². The van der Waals surface area contributed by atoms with Crippen molar-refractivity contribution in [3.8, 4) is 0 Å². The van der Waals surface area contributed by atoms with Gasteiger partial charge in [-0.05, 0) is 50.4 Å². The van der Waals surface area contributed by atoms with Crippen molar-refractivity contribution >= 4 is 12.1 Å². The van der Waals surface area contributed by atoms with Crippen LogP contribution in [0.15, 0.2) is 0 Å².